The number of ether oxygens (including phenoxy) is 1. The number of sulfone groups is 1. The van der Waals surface area contributed by atoms with Gasteiger partial charge in [-0.2, -0.15) is 4.98 Å². The summed E-state index contributed by atoms with van der Waals surface area (Å²) in [6.45, 7) is 7.63. The zero-order chi connectivity index (χ0) is 24.6. The van der Waals surface area contributed by atoms with Gasteiger partial charge < -0.3 is 24.6 Å². The van der Waals surface area contributed by atoms with Gasteiger partial charge in [-0.1, -0.05) is 19.0 Å². The lowest BCUT2D eigenvalue weighted by Gasteiger charge is -2.43. The van der Waals surface area contributed by atoms with Crippen molar-refractivity contribution in [2.75, 3.05) is 20.2 Å². The minimum Gasteiger partial charge on any atom is -0.497 e. The Morgan fingerprint density at radius 2 is 1.94 bits per heavy atom. The van der Waals surface area contributed by atoms with Crippen LogP contribution in [0.5, 0.6) is 5.75 Å². The molecular weight excluding hydrogens is 452 g/mol. The lowest BCUT2D eigenvalue weighted by atomic mass is 9.79. The number of hydrogen-bond donors (Lipinski definition) is 2. The predicted octanol–water partition coefficient (Wildman–Crippen LogP) is 2.18. The largest absolute Gasteiger partial charge is 0.497 e. The Kier molecular flexibility index (Phi) is 6.68. The number of rotatable bonds is 6. The number of likely N-dealkylation sites (tertiary alicyclic amines) is 1. The normalized spacial score (nSPS) is 18.1. The molecule has 2 N–H and O–H groups in total. The zero-order valence-electron chi connectivity index (χ0n) is 19.2. The van der Waals surface area contributed by atoms with Crippen molar-refractivity contribution in [2.45, 2.75) is 50.8 Å². The molecule has 180 valence electrons. The van der Waals surface area contributed by atoms with Crippen LogP contribution < -0.4 is 10.1 Å². The Labute approximate surface area is 192 Å². The monoisotopic (exact) mass is 480 g/mol. The first-order valence-electron chi connectivity index (χ1n) is 10.3. The summed E-state index contributed by atoms with van der Waals surface area (Å²) >= 11 is 0. The Hall–Kier alpha value is -3.15. The molecule has 2 aromatic rings. The highest BCUT2D eigenvalue weighted by Gasteiger charge is 2.39. The highest BCUT2D eigenvalue weighted by atomic mass is 32.2. The van der Waals surface area contributed by atoms with Crippen molar-refractivity contribution in [1.29, 1.82) is 0 Å². The molecule has 2 heterocycles. The fraction of sp³-hybridized carbons (Fsp3) is 0.524. The van der Waals surface area contributed by atoms with E-state index < -0.39 is 33.0 Å². The summed E-state index contributed by atoms with van der Waals surface area (Å²) in [5, 5.41) is 15.7. The average Bonchev–Trinajstić information content (AvgIpc) is 3.15. The number of aryl methyl sites for hydroxylation is 2. The average molecular weight is 481 g/mol. The van der Waals surface area contributed by atoms with Gasteiger partial charge >= 0.3 is 6.09 Å². The smallest absolute Gasteiger partial charge is 0.407 e. The number of carbonyl (C=O) groups is 2. The molecule has 1 saturated heterocycles. The maximum Gasteiger partial charge on any atom is 0.407 e. The predicted molar refractivity (Wildman–Crippen MR) is 117 cm³/mol. The molecule has 2 amide bonds. The van der Waals surface area contributed by atoms with Gasteiger partial charge in [0.05, 0.1) is 12.0 Å². The number of carboxylic acid groups (broad SMARTS) is 1. The lowest BCUT2D eigenvalue weighted by Crippen LogP contribution is -2.56. The van der Waals surface area contributed by atoms with Gasteiger partial charge in [-0.3, -0.25) is 4.79 Å². The SMILES string of the molecule is COc1cc(C)c(S(=O)(=O)Cc2nc(C(=O)NC3CCN(C(=O)O)CC3(C)C)no2)c(C)c1. The van der Waals surface area contributed by atoms with E-state index in [1.165, 1.54) is 12.0 Å². The lowest BCUT2D eigenvalue weighted by molar-refractivity contribution is 0.0620. The fourth-order valence-electron chi connectivity index (χ4n) is 4.17. The van der Waals surface area contributed by atoms with Crippen molar-refractivity contribution in [3.63, 3.8) is 0 Å². The van der Waals surface area contributed by atoms with Gasteiger partial charge in [0.25, 0.3) is 11.7 Å². The molecule has 1 aromatic carbocycles. The van der Waals surface area contributed by atoms with Crippen molar-refractivity contribution >= 4 is 21.8 Å². The molecule has 33 heavy (non-hydrogen) atoms. The molecular formula is C21H28N4O7S. The van der Waals surface area contributed by atoms with Crippen LogP contribution in [0.2, 0.25) is 0 Å². The topological polar surface area (TPSA) is 152 Å². The van der Waals surface area contributed by atoms with Crippen LogP contribution >= 0.6 is 0 Å². The van der Waals surface area contributed by atoms with Crippen LogP contribution in [0, 0.1) is 19.3 Å². The van der Waals surface area contributed by atoms with E-state index in [-0.39, 0.29) is 29.2 Å². The Morgan fingerprint density at radius 3 is 2.48 bits per heavy atom. The molecule has 1 aliphatic rings. The first kappa shape index (κ1) is 24.5. The van der Waals surface area contributed by atoms with Gasteiger partial charge in [0.2, 0.25) is 5.89 Å². The summed E-state index contributed by atoms with van der Waals surface area (Å²) in [5.41, 5.74) is 0.546. The van der Waals surface area contributed by atoms with Gasteiger partial charge in [-0.05, 0) is 43.5 Å². The van der Waals surface area contributed by atoms with Crippen molar-refractivity contribution in [2.24, 2.45) is 5.41 Å². The summed E-state index contributed by atoms with van der Waals surface area (Å²) in [6, 6.07) is 2.95. The first-order valence-corrected chi connectivity index (χ1v) is 12.0. The minimum atomic E-state index is -3.82. The van der Waals surface area contributed by atoms with Gasteiger partial charge in [0.1, 0.15) is 11.5 Å². The van der Waals surface area contributed by atoms with E-state index in [0.29, 0.717) is 29.8 Å². The quantitative estimate of drug-likeness (QED) is 0.633. The van der Waals surface area contributed by atoms with Gasteiger partial charge in [-0.25, -0.2) is 13.2 Å². The first-order chi connectivity index (χ1) is 15.3. The third-order valence-corrected chi connectivity index (χ3v) is 7.66. The molecule has 1 atom stereocenters. The van der Waals surface area contributed by atoms with E-state index in [9.17, 15) is 23.1 Å². The second-order valence-electron chi connectivity index (χ2n) is 8.87. The second kappa shape index (κ2) is 9.00. The Bertz CT molecular complexity index is 1150. The summed E-state index contributed by atoms with van der Waals surface area (Å²) in [5.74, 6) is -1.09. The highest BCUT2D eigenvalue weighted by Crippen LogP contribution is 2.30. The number of carbonyl (C=O) groups excluding carboxylic acids is 1. The molecule has 1 unspecified atom stereocenters. The van der Waals surface area contributed by atoms with E-state index >= 15 is 0 Å². The number of amides is 2. The molecule has 0 aliphatic carbocycles. The van der Waals surface area contributed by atoms with Crippen LogP contribution in [-0.2, 0) is 15.6 Å². The van der Waals surface area contributed by atoms with Crippen molar-refractivity contribution < 1.29 is 32.4 Å². The zero-order valence-corrected chi connectivity index (χ0v) is 20.0. The highest BCUT2D eigenvalue weighted by molar-refractivity contribution is 7.90. The maximum absolute atomic E-state index is 13.0. The fourth-order valence-corrected chi connectivity index (χ4v) is 5.86. The summed E-state index contributed by atoms with van der Waals surface area (Å²) in [6.07, 6.45) is -0.570. The van der Waals surface area contributed by atoms with Gasteiger partial charge in [0, 0.05) is 24.5 Å². The Balaban J connectivity index is 1.72. The molecule has 1 aliphatic heterocycles. The van der Waals surface area contributed by atoms with Crippen LogP contribution in [0.25, 0.3) is 0 Å². The van der Waals surface area contributed by atoms with Crippen LogP contribution in [0.15, 0.2) is 21.6 Å². The van der Waals surface area contributed by atoms with E-state index in [2.05, 4.69) is 15.5 Å². The number of methoxy groups -OCH3 is 1. The molecule has 1 aromatic heterocycles. The third-order valence-electron chi connectivity index (χ3n) is 5.77. The van der Waals surface area contributed by atoms with Crippen LogP contribution in [0.4, 0.5) is 4.79 Å². The molecule has 0 bridgehead atoms. The molecule has 0 saturated carbocycles. The summed E-state index contributed by atoms with van der Waals surface area (Å²) < 4.78 is 36.2. The van der Waals surface area contributed by atoms with Crippen LogP contribution in [0.3, 0.4) is 0 Å². The number of benzene rings is 1. The summed E-state index contributed by atoms with van der Waals surface area (Å²) in [4.78, 5) is 29.3. The third kappa shape index (κ3) is 5.27. The number of hydrogen-bond acceptors (Lipinski definition) is 8. The number of piperidine rings is 1. The standard InChI is InChI=1S/C21H28N4O7S/c1-12-8-14(31-5)9-13(2)17(12)33(29,30)10-16-23-18(24-32-16)19(26)22-15-6-7-25(20(27)28)11-21(15,3)4/h8-9,15H,6-7,10-11H2,1-5H3,(H,22,26)(H,27,28). The minimum absolute atomic E-state index is 0.152. The van der Waals surface area contributed by atoms with E-state index in [4.69, 9.17) is 9.26 Å². The molecule has 11 nitrogen and oxygen atoms in total. The van der Waals surface area contributed by atoms with Crippen molar-refractivity contribution in [3.8, 4) is 5.75 Å². The molecule has 3 rings (SSSR count). The van der Waals surface area contributed by atoms with Crippen LogP contribution in [0.1, 0.15) is 47.9 Å². The summed E-state index contributed by atoms with van der Waals surface area (Å²) in [7, 11) is -2.31. The maximum atomic E-state index is 13.0. The second-order valence-corrected chi connectivity index (χ2v) is 10.8. The van der Waals surface area contributed by atoms with Crippen molar-refractivity contribution in [3.05, 3.63) is 35.0 Å². The number of nitrogens with one attached hydrogen (secondary N) is 1. The van der Waals surface area contributed by atoms with E-state index in [0.717, 1.165) is 0 Å². The van der Waals surface area contributed by atoms with Gasteiger partial charge in [-0.15, -0.1) is 0 Å². The van der Waals surface area contributed by atoms with E-state index in [1.807, 2.05) is 13.8 Å². The number of aromatic nitrogens is 2. The van der Waals surface area contributed by atoms with Gasteiger partial charge in [0.15, 0.2) is 9.84 Å². The number of nitrogens with zero attached hydrogens (tertiary/aromatic N) is 3. The van der Waals surface area contributed by atoms with Crippen molar-refractivity contribution in [1.82, 2.24) is 20.4 Å². The molecule has 0 spiro atoms. The molecule has 1 fully saturated rings. The van der Waals surface area contributed by atoms with E-state index in [1.54, 1.807) is 26.0 Å². The Morgan fingerprint density at radius 1 is 1.30 bits per heavy atom. The molecule has 0 radical (unpaired) electrons. The molecule has 12 heteroatoms. The van der Waals surface area contributed by atoms with Crippen LogP contribution in [-0.4, -0.2) is 66.8 Å².